The number of nitrogens with zero attached hydrogens (tertiary/aromatic N) is 2. The van der Waals surface area contributed by atoms with Gasteiger partial charge in [0.1, 0.15) is 0 Å². The van der Waals surface area contributed by atoms with Crippen molar-refractivity contribution in [3.05, 3.63) is 121 Å². The van der Waals surface area contributed by atoms with Crippen molar-refractivity contribution in [3.63, 3.8) is 0 Å². The van der Waals surface area contributed by atoms with Gasteiger partial charge in [-0.25, -0.2) is 9.97 Å². The lowest BCUT2D eigenvalue weighted by Gasteiger charge is -2.14. The van der Waals surface area contributed by atoms with Gasteiger partial charge in [-0.05, 0) is 21.9 Å². The van der Waals surface area contributed by atoms with Gasteiger partial charge < -0.3 is 0 Å². The highest BCUT2D eigenvalue weighted by atomic mass is 14.8. The molecule has 7 rings (SSSR count). The van der Waals surface area contributed by atoms with Crippen LogP contribution >= 0.6 is 0 Å². The first-order chi connectivity index (χ1) is 16.9. The average molecular weight is 433 g/mol. The van der Waals surface area contributed by atoms with Crippen LogP contribution in [0.5, 0.6) is 0 Å². The lowest BCUT2D eigenvalue weighted by molar-refractivity contribution is 1.41. The van der Waals surface area contributed by atoms with E-state index in [0.29, 0.717) is 0 Å². The molecule has 34 heavy (non-hydrogen) atoms. The molecule has 0 atom stereocenters. The minimum absolute atomic E-state index is 0.931. The molecule has 0 fully saturated rings. The summed E-state index contributed by atoms with van der Waals surface area (Å²) in [5, 5.41) is 4.68. The highest BCUT2D eigenvalue weighted by Gasteiger charge is 2.17. The van der Waals surface area contributed by atoms with Gasteiger partial charge in [0.25, 0.3) is 0 Å². The van der Waals surface area contributed by atoms with Crippen molar-refractivity contribution in [3.8, 4) is 22.3 Å². The third-order valence-electron chi connectivity index (χ3n) is 6.65. The summed E-state index contributed by atoms with van der Waals surface area (Å²) in [5.74, 6) is 0. The molecular weight excluding hydrogens is 412 g/mol. The molecule has 158 valence electrons. The third kappa shape index (κ3) is 2.82. The highest BCUT2D eigenvalue weighted by Crippen LogP contribution is 2.38. The Balaban J connectivity index is 1.71. The number of rotatable bonds is 2. The second kappa shape index (κ2) is 7.50. The predicted molar refractivity (Wildman–Crippen MR) is 143 cm³/mol. The Labute approximate surface area is 197 Å². The first-order valence-corrected chi connectivity index (χ1v) is 11.5. The summed E-state index contributed by atoms with van der Waals surface area (Å²) in [4.78, 5) is 10.7. The minimum atomic E-state index is 0.931. The summed E-state index contributed by atoms with van der Waals surface area (Å²) in [7, 11) is 0. The van der Waals surface area contributed by atoms with Crippen LogP contribution in [0.15, 0.2) is 121 Å². The molecule has 2 nitrogen and oxygen atoms in total. The van der Waals surface area contributed by atoms with Gasteiger partial charge >= 0.3 is 0 Å². The molecule has 0 amide bonds. The molecule has 0 unspecified atom stereocenters. The molecule has 7 aromatic rings. The maximum absolute atomic E-state index is 5.36. The fraction of sp³-hybridized carbons (Fsp3) is 0. The lowest BCUT2D eigenvalue weighted by atomic mass is 9.96. The van der Waals surface area contributed by atoms with Crippen molar-refractivity contribution in [1.82, 2.24) is 9.97 Å². The zero-order valence-corrected chi connectivity index (χ0v) is 18.4. The summed E-state index contributed by atoms with van der Waals surface area (Å²) in [5.41, 5.74) is 8.25. The van der Waals surface area contributed by atoms with Gasteiger partial charge in [0.05, 0.1) is 22.1 Å². The van der Waals surface area contributed by atoms with Crippen LogP contribution in [-0.2, 0) is 0 Å². The third-order valence-corrected chi connectivity index (χ3v) is 6.65. The normalized spacial score (nSPS) is 11.5. The average Bonchev–Trinajstić information content (AvgIpc) is 2.93. The van der Waals surface area contributed by atoms with Crippen LogP contribution in [-0.4, -0.2) is 9.97 Å². The van der Waals surface area contributed by atoms with Gasteiger partial charge in [0.2, 0.25) is 0 Å². The van der Waals surface area contributed by atoms with Crippen molar-refractivity contribution in [1.29, 1.82) is 0 Å². The van der Waals surface area contributed by atoms with Gasteiger partial charge in [-0.3, -0.25) is 0 Å². The van der Waals surface area contributed by atoms with Gasteiger partial charge in [-0.2, -0.15) is 0 Å². The largest absolute Gasteiger partial charge is 0.243 e. The molecule has 1 heterocycles. The zero-order chi connectivity index (χ0) is 22.5. The van der Waals surface area contributed by atoms with E-state index in [0.717, 1.165) is 55.1 Å². The summed E-state index contributed by atoms with van der Waals surface area (Å²) in [6, 6.07) is 42.4. The molecule has 0 spiro atoms. The number of hydrogen-bond acceptors (Lipinski definition) is 2. The quantitative estimate of drug-likeness (QED) is 0.202. The van der Waals surface area contributed by atoms with E-state index in [4.69, 9.17) is 9.97 Å². The smallest absolute Gasteiger partial charge is 0.0979 e. The molecule has 0 N–H and O–H groups in total. The van der Waals surface area contributed by atoms with Crippen molar-refractivity contribution >= 4 is 43.6 Å². The second-order valence-electron chi connectivity index (χ2n) is 8.60. The molecule has 0 aliphatic heterocycles. The molecule has 0 aliphatic carbocycles. The Kier molecular flexibility index (Phi) is 4.18. The maximum atomic E-state index is 5.36. The Bertz CT molecular complexity index is 1700. The van der Waals surface area contributed by atoms with Crippen molar-refractivity contribution in [2.45, 2.75) is 0 Å². The summed E-state index contributed by atoms with van der Waals surface area (Å²) < 4.78 is 0. The number of hydrogen-bond donors (Lipinski definition) is 0. The monoisotopic (exact) mass is 432 g/mol. The Morgan fingerprint density at radius 1 is 0.294 bits per heavy atom. The molecule has 0 aliphatic rings. The molecule has 0 saturated carbocycles. The van der Waals surface area contributed by atoms with E-state index in [1.165, 1.54) is 10.8 Å². The van der Waals surface area contributed by atoms with Crippen LogP contribution in [0.3, 0.4) is 0 Å². The summed E-state index contributed by atoms with van der Waals surface area (Å²) in [6.07, 6.45) is 0. The van der Waals surface area contributed by atoms with E-state index in [9.17, 15) is 0 Å². The van der Waals surface area contributed by atoms with E-state index in [1.807, 2.05) is 12.1 Å². The standard InChI is InChI=1S/C32H20N2/c1-3-11-21(12-4-1)23-19-20-24(22-13-5-2-6-14-22)30-29(23)33-31-27-17-9-7-15-25(27)26-16-8-10-18-28(26)32(31)34-30/h1-20H. The highest BCUT2D eigenvalue weighted by molar-refractivity contribution is 6.24. The summed E-state index contributed by atoms with van der Waals surface area (Å²) in [6.45, 7) is 0. The van der Waals surface area contributed by atoms with Gasteiger partial charge in [0, 0.05) is 21.9 Å². The molecule has 6 aromatic carbocycles. The maximum Gasteiger partial charge on any atom is 0.0979 e. The topological polar surface area (TPSA) is 25.8 Å². The van der Waals surface area contributed by atoms with Crippen LogP contribution in [0.4, 0.5) is 0 Å². The minimum Gasteiger partial charge on any atom is -0.243 e. The first kappa shape index (κ1) is 19.0. The lowest BCUT2D eigenvalue weighted by Crippen LogP contribution is -1.95. The van der Waals surface area contributed by atoms with Crippen LogP contribution < -0.4 is 0 Å². The number of fused-ring (bicyclic) bond motifs is 7. The molecule has 0 radical (unpaired) electrons. The van der Waals surface area contributed by atoms with Crippen LogP contribution in [0.2, 0.25) is 0 Å². The molecule has 0 saturated heterocycles. The van der Waals surface area contributed by atoms with Crippen LogP contribution in [0.1, 0.15) is 0 Å². The first-order valence-electron chi connectivity index (χ1n) is 11.5. The van der Waals surface area contributed by atoms with Crippen molar-refractivity contribution < 1.29 is 0 Å². The number of benzene rings is 6. The van der Waals surface area contributed by atoms with E-state index in [2.05, 4.69) is 109 Å². The second-order valence-corrected chi connectivity index (χ2v) is 8.60. The molecule has 1 aromatic heterocycles. The van der Waals surface area contributed by atoms with Gasteiger partial charge in [-0.1, -0.05) is 121 Å². The Hall–Kier alpha value is -4.56. The Morgan fingerprint density at radius 3 is 1.06 bits per heavy atom. The van der Waals surface area contributed by atoms with Crippen molar-refractivity contribution in [2.24, 2.45) is 0 Å². The van der Waals surface area contributed by atoms with E-state index in [-0.39, 0.29) is 0 Å². The number of aromatic nitrogens is 2. The zero-order valence-electron chi connectivity index (χ0n) is 18.4. The van der Waals surface area contributed by atoms with Crippen molar-refractivity contribution in [2.75, 3.05) is 0 Å². The van der Waals surface area contributed by atoms with E-state index < -0.39 is 0 Å². The van der Waals surface area contributed by atoms with Gasteiger partial charge in [0.15, 0.2) is 0 Å². The van der Waals surface area contributed by atoms with E-state index >= 15 is 0 Å². The fourth-order valence-corrected chi connectivity index (χ4v) is 5.06. The van der Waals surface area contributed by atoms with Gasteiger partial charge in [-0.15, -0.1) is 0 Å². The predicted octanol–water partition coefficient (Wildman–Crippen LogP) is 8.42. The van der Waals surface area contributed by atoms with Crippen LogP contribution in [0, 0.1) is 0 Å². The van der Waals surface area contributed by atoms with E-state index in [1.54, 1.807) is 0 Å². The molecule has 2 heteroatoms. The molecule has 0 bridgehead atoms. The Morgan fingerprint density at radius 2 is 0.647 bits per heavy atom. The SMILES string of the molecule is c1ccc(-c2ccc(-c3ccccc3)c3nc4c5ccccc5c5ccccc5c4nc23)cc1. The summed E-state index contributed by atoms with van der Waals surface area (Å²) >= 11 is 0. The molecular formula is C32H20N2. The van der Waals surface area contributed by atoms with Crippen LogP contribution in [0.25, 0.3) is 65.9 Å². The fourth-order valence-electron chi connectivity index (χ4n) is 5.06.